The van der Waals surface area contributed by atoms with Gasteiger partial charge in [-0.2, -0.15) is 4.39 Å². The number of hydrogen-bond acceptors (Lipinski definition) is 3. The molecule has 0 saturated carbocycles. The van der Waals surface area contributed by atoms with E-state index in [1.54, 1.807) is 13.8 Å². The van der Waals surface area contributed by atoms with Crippen LogP contribution in [0.25, 0.3) is 0 Å². The van der Waals surface area contributed by atoms with Gasteiger partial charge in [0.05, 0.1) is 13.2 Å². The Balaban J connectivity index is 4.50. The zero-order chi connectivity index (χ0) is 9.61. The maximum Gasteiger partial charge on any atom is 0.389 e. The lowest BCUT2D eigenvalue weighted by atomic mass is 10.8. The van der Waals surface area contributed by atoms with E-state index in [4.69, 9.17) is 9.05 Å². The summed E-state index contributed by atoms with van der Waals surface area (Å²) in [4.78, 5) is 0. The molecule has 5 heteroatoms. The van der Waals surface area contributed by atoms with E-state index in [-0.39, 0.29) is 13.2 Å². The summed E-state index contributed by atoms with van der Waals surface area (Å²) in [6, 6.07) is 0. The second-order valence-electron chi connectivity index (χ2n) is 1.94. The van der Waals surface area contributed by atoms with Crippen LogP contribution in [0.2, 0.25) is 0 Å². The number of hydrogen-bond donors (Lipinski definition) is 0. The van der Waals surface area contributed by atoms with Crippen molar-refractivity contribution < 1.29 is 18.0 Å². The lowest BCUT2D eigenvalue weighted by Crippen LogP contribution is -1.95. The Labute approximate surface area is 72.1 Å². The minimum absolute atomic E-state index is 0.165. The first-order chi connectivity index (χ1) is 5.60. The van der Waals surface area contributed by atoms with Crippen LogP contribution in [-0.2, 0) is 13.6 Å². The van der Waals surface area contributed by atoms with Gasteiger partial charge in [-0.1, -0.05) is 0 Å². The molecule has 12 heavy (non-hydrogen) atoms. The summed E-state index contributed by atoms with van der Waals surface area (Å²) >= 11 is 0. The van der Waals surface area contributed by atoms with Crippen molar-refractivity contribution in [3.63, 3.8) is 0 Å². The molecule has 0 aliphatic heterocycles. The SMILES string of the molecule is C/C=C(/F)P(=O)(OCC)OCC. The Morgan fingerprint density at radius 1 is 1.42 bits per heavy atom. The quantitative estimate of drug-likeness (QED) is 0.634. The van der Waals surface area contributed by atoms with Crippen molar-refractivity contribution in [2.75, 3.05) is 13.2 Å². The highest BCUT2D eigenvalue weighted by atomic mass is 31.2. The second-order valence-corrected chi connectivity index (χ2v) is 3.88. The van der Waals surface area contributed by atoms with Crippen molar-refractivity contribution in [3.05, 3.63) is 11.6 Å². The molecule has 72 valence electrons. The molecule has 3 nitrogen and oxygen atoms in total. The van der Waals surface area contributed by atoms with Gasteiger partial charge >= 0.3 is 7.60 Å². The predicted octanol–water partition coefficient (Wildman–Crippen LogP) is 3.08. The largest absolute Gasteiger partial charge is 0.389 e. The molecule has 0 bridgehead atoms. The molecule has 0 spiro atoms. The molecule has 0 aromatic heterocycles. The lowest BCUT2D eigenvalue weighted by molar-refractivity contribution is 0.220. The molecule has 0 aliphatic rings. The molecule has 0 rings (SSSR count). The van der Waals surface area contributed by atoms with Crippen molar-refractivity contribution >= 4 is 7.60 Å². The molecule has 0 aromatic carbocycles. The lowest BCUT2D eigenvalue weighted by Gasteiger charge is -2.14. The minimum atomic E-state index is -3.62. The van der Waals surface area contributed by atoms with Crippen molar-refractivity contribution in [3.8, 4) is 0 Å². The van der Waals surface area contributed by atoms with Crippen LogP contribution in [0.1, 0.15) is 20.8 Å². The zero-order valence-corrected chi connectivity index (χ0v) is 8.44. The molecule has 0 heterocycles. The predicted molar refractivity (Wildman–Crippen MR) is 45.7 cm³/mol. The molecular formula is C7H14FO3P. The first kappa shape index (κ1) is 11.8. The third kappa shape index (κ3) is 3.05. The molecule has 0 radical (unpaired) electrons. The maximum atomic E-state index is 12.9. The van der Waals surface area contributed by atoms with E-state index in [1.807, 2.05) is 0 Å². The standard InChI is InChI=1S/C7H14FO3P/c1-4-7(8)12(9,10-5-2)11-6-3/h4H,5-6H2,1-3H3/b7-4-. The van der Waals surface area contributed by atoms with Gasteiger partial charge in [0.25, 0.3) is 0 Å². The van der Waals surface area contributed by atoms with Gasteiger partial charge in [-0.25, -0.2) is 0 Å². The number of halogens is 1. The third-order valence-electron chi connectivity index (χ3n) is 1.10. The molecule has 0 fully saturated rings. The Morgan fingerprint density at radius 2 is 1.83 bits per heavy atom. The van der Waals surface area contributed by atoms with E-state index >= 15 is 0 Å². The molecule has 0 aromatic rings. The fourth-order valence-electron chi connectivity index (χ4n) is 0.659. The third-order valence-corrected chi connectivity index (χ3v) is 3.08. The average molecular weight is 196 g/mol. The molecule has 0 saturated heterocycles. The van der Waals surface area contributed by atoms with Crippen LogP contribution < -0.4 is 0 Å². The summed E-state index contributed by atoms with van der Waals surface area (Å²) in [5.74, 6) is 0. The summed E-state index contributed by atoms with van der Waals surface area (Å²) < 4.78 is 33.8. The van der Waals surface area contributed by atoms with Crippen LogP contribution >= 0.6 is 7.60 Å². The van der Waals surface area contributed by atoms with Gasteiger partial charge in [0, 0.05) is 0 Å². The Morgan fingerprint density at radius 3 is 2.08 bits per heavy atom. The number of rotatable bonds is 5. The topological polar surface area (TPSA) is 35.5 Å². The van der Waals surface area contributed by atoms with Gasteiger partial charge in [0.2, 0.25) is 5.57 Å². The van der Waals surface area contributed by atoms with E-state index in [9.17, 15) is 8.96 Å². The highest BCUT2D eigenvalue weighted by Crippen LogP contribution is 2.56. The van der Waals surface area contributed by atoms with Gasteiger partial charge in [0.1, 0.15) is 0 Å². The van der Waals surface area contributed by atoms with E-state index in [0.29, 0.717) is 0 Å². The van der Waals surface area contributed by atoms with E-state index in [0.717, 1.165) is 6.08 Å². The van der Waals surface area contributed by atoms with Crippen LogP contribution in [0.15, 0.2) is 11.6 Å². The highest BCUT2D eigenvalue weighted by Gasteiger charge is 2.29. The van der Waals surface area contributed by atoms with Crippen LogP contribution in [-0.4, -0.2) is 13.2 Å². The van der Waals surface area contributed by atoms with E-state index in [2.05, 4.69) is 0 Å². The summed E-state index contributed by atoms with van der Waals surface area (Å²) in [5.41, 5.74) is -0.828. The molecule has 0 unspecified atom stereocenters. The zero-order valence-electron chi connectivity index (χ0n) is 7.54. The summed E-state index contributed by atoms with van der Waals surface area (Å²) in [7, 11) is -3.62. The van der Waals surface area contributed by atoms with Gasteiger partial charge in [-0.05, 0) is 26.8 Å². The van der Waals surface area contributed by atoms with Crippen molar-refractivity contribution in [1.29, 1.82) is 0 Å². The van der Waals surface area contributed by atoms with Gasteiger partial charge in [-0.3, -0.25) is 4.57 Å². The smallest absolute Gasteiger partial charge is 0.304 e. The first-order valence-electron chi connectivity index (χ1n) is 3.82. The van der Waals surface area contributed by atoms with Crippen molar-refractivity contribution in [1.82, 2.24) is 0 Å². The Hall–Kier alpha value is -0.180. The Bertz CT molecular complexity index is 193. The molecule has 0 amide bonds. The summed E-state index contributed by atoms with van der Waals surface area (Å²) in [5, 5.41) is 0. The maximum absolute atomic E-state index is 12.9. The van der Waals surface area contributed by atoms with Crippen molar-refractivity contribution in [2.45, 2.75) is 20.8 Å². The second kappa shape index (κ2) is 5.46. The van der Waals surface area contributed by atoms with E-state index < -0.39 is 13.2 Å². The number of allylic oxidation sites excluding steroid dienone is 1. The monoisotopic (exact) mass is 196 g/mol. The fourth-order valence-corrected chi connectivity index (χ4v) is 1.98. The van der Waals surface area contributed by atoms with Crippen LogP contribution in [0.4, 0.5) is 4.39 Å². The fraction of sp³-hybridized carbons (Fsp3) is 0.714. The van der Waals surface area contributed by atoms with Crippen LogP contribution in [0.5, 0.6) is 0 Å². The average Bonchev–Trinajstić information content (AvgIpc) is 2.04. The molecule has 0 atom stereocenters. The highest BCUT2D eigenvalue weighted by molar-refractivity contribution is 7.58. The van der Waals surface area contributed by atoms with Crippen molar-refractivity contribution in [2.24, 2.45) is 0 Å². The summed E-state index contributed by atoms with van der Waals surface area (Å²) in [6.45, 7) is 5.04. The summed E-state index contributed by atoms with van der Waals surface area (Å²) in [6.07, 6.45) is 1.09. The van der Waals surface area contributed by atoms with Crippen LogP contribution in [0, 0.1) is 0 Å². The first-order valence-corrected chi connectivity index (χ1v) is 5.36. The normalized spacial score (nSPS) is 13.5. The van der Waals surface area contributed by atoms with Gasteiger partial charge < -0.3 is 9.05 Å². The molecule has 0 aliphatic carbocycles. The minimum Gasteiger partial charge on any atom is -0.304 e. The van der Waals surface area contributed by atoms with Crippen LogP contribution in [0.3, 0.4) is 0 Å². The Kier molecular flexibility index (Phi) is 5.38. The van der Waals surface area contributed by atoms with Gasteiger partial charge in [-0.15, -0.1) is 0 Å². The molecule has 0 N–H and O–H groups in total. The van der Waals surface area contributed by atoms with E-state index in [1.165, 1.54) is 6.92 Å². The van der Waals surface area contributed by atoms with Gasteiger partial charge in [0.15, 0.2) is 0 Å². The molecular weight excluding hydrogens is 182 g/mol.